The van der Waals surface area contributed by atoms with E-state index >= 15 is 8.78 Å². The van der Waals surface area contributed by atoms with Crippen LogP contribution >= 0.6 is 0 Å². The van der Waals surface area contributed by atoms with Gasteiger partial charge in [-0.25, -0.2) is 18.2 Å². The molecule has 208 valence electrons. The SMILES string of the molecule is COc1cnc2c(Oc3c(F)cc(NC(=O)c4c(C)[nH]c(C)c(-c5ccc(F)cc5C)c4=O)cc3F)ccnc2c1. The van der Waals surface area contributed by atoms with Gasteiger partial charge in [0.25, 0.3) is 5.91 Å². The van der Waals surface area contributed by atoms with Crippen LogP contribution in [-0.4, -0.2) is 28.0 Å². The fourth-order valence-corrected chi connectivity index (χ4v) is 4.59. The van der Waals surface area contributed by atoms with Gasteiger partial charge >= 0.3 is 0 Å². The maximum absolute atomic E-state index is 15.1. The number of aromatic amines is 1. The Hall–Kier alpha value is -5.19. The number of nitrogens with zero attached hydrogens (tertiary/aromatic N) is 2. The van der Waals surface area contributed by atoms with E-state index < -0.39 is 34.5 Å². The molecule has 41 heavy (non-hydrogen) atoms. The summed E-state index contributed by atoms with van der Waals surface area (Å²) in [4.78, 5) is 38.0. The van der Waals surface area contributed by atoms with Crippen LogP contribution in [0, 0.1) is 38.2 Å². The number of nitrogens with one attached hydrogen (secondary N) is 2. The molecular formula is C30H23F3N4O4. The number of ether oxygens (including phenoxy) is 2. The molecule has 0 saturated heterocycles. The van der Waals surface area contributed by atoms with Crippen molar-refractivity contribution in [2.75, 3.05) is 12.4 Å². The number of anilines is 1. The number of aromatic nitrogens is 3. The van der Waals surface area contributed by atoms with Crippen LogP contribution in [0.2, 0.25) is 0 Å². The Kier molecular flexibility index (Phi) is 7.19. The Morgan fingerprint density at radius 3 is 2.37 bits per heavy atom. The first-order valence-corrected chi connectivity index (χ1v) is 12.3. The molecule has 5 rings (SSSR count). The summed E-state index contributed by atoms with van der Waals surface area (Å²) in [6, 6.07) is 8.71. The van der Waals surface area contributed by atoms with E-state index in [0.717, 1.165) is 12.1 Å². The molecule has 3 aromatic heterocycles. The largest absolute Gasteiger partial charge is 0.495 e. The monoisotopic (exact) mass is 560 g/mol. The predicted octanol–water partition coefficient (Wildman–Crippen LogP) is 6.38. The third-order valence-corrected chi connectivity index (χ3v) is 6.48. The van der Waals surface area contributed by atoms with Crippen molar-refractivity contribution in [2.24, 2.45) is 0 Å². The summed E-state index contributed by atoms with van der Waals surface area (Å²) in [5.41, 5.74) is 1.43. The summed E-state index contributed by atoms with van der Waals surface area (Å²) in [5.74, 6) is -3.76. The molecule has 0 atom stereocenters. The van der Waals surface area contributed by atoms with Crippen LogP contribution in [0.25, 0.3) is 22.2 Å². The van der Waals surface area contributed by atoms with Crippen molar-refractivity contribution in [1.29, 1.82) is 0 Å². The molecule has 0 aliphatic heterocycles. The standard InChI is InChI=1S/C30H23F3N4O4/c1-14-9-17(31)5-6-20(14)25-15(2)36-16(3)26(28(25)38)30(39)37-18-10-21(32)29(22(33)11-18)41-24-7-8-34-23-12-19(40-4)13-35-27(23)24/h5-13H,1-4H3,(H,36,38)(H,37,39). The molecule has 0 radical (unpaired) electrons. The lowest BCUT2D eigenvalue weighted by molar-refractivity contribution is 0.102. The van der Waals surface area contributed by atoms with Gasteiger partial charge in [-0.05, 0) is 44.0 Å². The number of fused-ring (bicyclic) bond motifs is 1. The van der Waals surface area contributed by atoms with Crippen LogP contribution in [-0.2, 0) is 0 Å². The number of amides is 1. The van der Waals surface area contributed by atoms with E-state index in [2.05, 4.69) is 20.3 Å². The van der Waals surface area contributed by atoms with Crippen molar-refractivity contribution in [1.82, 2.24) is 15.0 Å². The molecule has 0 fully saturated rings. The first kappa shape index (κ1) is 27.4. The number of rotatable bonds is 6. The Bertz CT molecular complexity index is 1880. The van der Waals surface area contributed by atoms with Gasteiger partial charge in [0.05, 0.1) is 18.8 Å². The van der Waals surface area contributed by atoms with Crippen molar-refractivity contribution >= 4 is 22.6 Å². The number of H-pyrrole nitrogens is 1. The molecule has 1 amide bonds. The highest BCUT2D eigenvalue weighted by Crippen LogP contribution is 2.34. The minimum absolute atomic E-state index is 0.0534. The zero-order valence-corrected chi connectivity index (χ0v) is 22.4. The molecule has 3 heterocycles. The number of pyridine rings is 3. The Morgan fingerprint density at radius 1 is 0.951 bits per heavy atom. The van der Waals surface area contributed by atoms with Crippen LogP contribution in [0.1, 0.15) is 27.3 Å². The van der Waals surface area contributed by atoms with Gasteiger partial charge in [-0.3, -0.25) is 14.6 Å². The Labute approximate surface area is 231 Å². The van der Waals surface area contributed by atoms with Gasteiger partial charge in [-0.2, -0.15) is 0 Å². The number of carbonyl (C=O) groups excluding carboxylic acids is 1. The van der Waals surface area contributed by atoms with Gasteiger partial charge in [0, 0.05) is 53.1 Å². The molecule has 0 unspecified atom stereocenters. The Morgan fingerprint density at radius 2 is 1.68 bits per heavy atom. The number of hydrogen-bond acceptors (Lipinski definition) is 6. The minimum atomic E-state index is -1.10. The maximum atomic E-state index is 15.1. The average molecular weight is 561 g/mol. The number of aryl methyl sites for hydroxylation is 3. The van der Waals surface area contributed by atoms with E-state index in [-0.39, 0.29) is 33.8 Å². The van der Waals surface area contributed by atoms with Crippen LogP contribution in [0.5, 0.6) is 17.2 Å². The van der Waals surface area contributed by atoms with Crippen molar-refractivity contribution in [2.45, 2.75) is 20.8 Å². The zero-order chi connectivity index (χ0) is 29.4. The van der Waals surface area contributed by atoms with E-state index in [4.69, 9.17) is 9.47 Å². The lowest BCUT2D eigenvalue weighted by Crippen LogP contribution is -2.26. The topological polar surface area (TPSA) is 106 Å². The van der Waals surface area contributed by atoms with Gasteiger partial charge in [0.2, 0.25) is 5.43 Å². The summed E-state index contributed by atoms with van der Waals surface area (Å²) in [6.07, 6.45) is 2.81. The van der Waals surface area contributed by atoms with E-state index in [9.17, 15) is 14.0 Å². The summed E-state index contributed by atoms with van der Waals surface area (Å²) in [6.45, 7) is 4.84. The molecule has 0 aliphatic carbocycles. The maximum Gasteiger partial charge on any atom is 0.261 e. The van der Waals surface area contributed by atoms with Gasteiger partial charge in [-0.1, -0.05) is 6.07 Å². The predicted molar refractivity (Wildman–Crippen MR) is 147 cm³/mol. The highest BCUT2D eigenvalue weighted by atomic mass is 19.1. The lowest BCUT2D eigenvalue weighted by atomic mass is 9.96. The smallest absolute Gasteiger partial charge is 0.261 e. The molecule has 2 aromatic carbocycles. The average Bonchev–Trinajstić information content (AvgIpc) is 2.91. The van der Waals surface area contributed by atoms with Crippen LogP contribution < -0.4 is 20.2 Å². The highest BCUT2D eigenvalue weighted by molar-refractivity contribution is 6.05. The summed E-state index contributed by atoms with van der Waals surface area (Å²) in [5, 5.41) is 2.39. The van der Waals surface area contributed by atoms with Crippen molar-refractivity contribution in [3.05, 3.63) is 105 Å². The minimum Gasteiger partial charge on any atom is -0.495 e. The van der Waals surface area contributed by atoms with Crippen molar-refractivity contribution < 1.29 is 27.4 Å². The third kappa shape index (κ3) is 5.21. The Balaban J connectivity index is 1.46. The number of halogens is 3. The van der Waals surface area contributed by atoms with Gasteiger partial charge < -0.3 is 19.8 Å². The lowest BCUT2D eigenvalue weighted by Gasteiger charge is -2.15. The summed E-state index contributed by atoms with van der Waals surface area (Å²) < 4.78 is 54.4. The second kappa shape index (κ2) is 10.8. The third-order valence-electron chi connectivity index (χ3n) is 6.48. The zero-order valence-electron chi connectivity index (χ0n) is 22.4. The molecular weight excluding hydrogens is 537 g/mol. The molecule has 5 aromatic rings. The van der Waals surface area contributed by atoms with Crippen molar-refractivity contribution in [3.8, 4) is 28.4 Å². The van der Waals surface area contributed by atoms with Crippen LogP contribution in [0.3, 0.4) is 0 Å². The first-order valence-electron chi connectivity index (χ1n) is 12.3. The number of benzene rings is 2. The fraction of sp³-hybridized carbons (Fsp3) is 0.133. The number of hydrogen-bond donors (Lipinski definition) is 2. The van der Waals surface area contributed by atoms with E-state index in [1.807, 2.05) is 0 Å². The molecule has 11 heteroatoms. The number of carbonyl (C=O) groups is 1. The normalized spacial score (nSPS) is 11.0. The molecule has 8 nitrogen and oxygen atoms in total. The van der Waals surface area contributed by atoms with Crippen LogP contribution in [0.4, 0.5) is 18.9 Å². The van der Waals surface area contributed by atoms with E-state index in [1.54, 1.807) is 19.9 Å². The molecule has 2 N–H and O–H groups in total. The fourth-order valence-electron chi connectivity index (χ4n) is 4.59. The van der Waals surface area contributed by atoms with E-state index in [1.165, 1.54) is 50.7 Å². The second-order valence-corrected chi connectivity index (χ2v) is 9.29. The van der Waals surface area contributed by atoms with Gasteiger partial charge in [-0.15, -0.1) is 0 Å². The molecule has 0 aliphatic rings. The first-order chi connectivity index (χ1) is 19.6. The van der Waals surface area contributed by atoms with E-state index in [0.29, 0.717) is 28.1 Å². The highest BCUT2D eigenvalue weighted by Gasteiger charge is 2.23. The number of methoxy groups -OCH3 is 1. The molecule has 0 saturated carbocycles. The van der Waals surface area contributed by atoms with Crippen molar-refractivity contribution in [3.63, 3.8) is 0 Å². The summed E-state index contributed by atoms with van der Waals surface area (Å²) >= 11 is 0. The molecule has 0 bridgehead atoms. The van der Waals surface area contributed by atoms with Gasteiger partial charge in [0.1, 0.15) is 22.6 Å². The second-order valence-electron chi connectivity index (χ2n) is 9.29. The molecule has 0 spiro atoms. The van der Waals surface area contributed by atoms with Crippen LogP contribution in [0.15, 0.2) is 59.7 Å². The van der Waals surface area contributed by atoms with Gasteiger partial charge in [0.15, 0.2) is 23.1 Å². The quantitative estimate of drug-likeness (QED) is 0.250. The summed E-state index contributed by atoms with van der Waals surface area (Å²) in [7, 11) is 1.47.